The predicted octanol–water partition coefficient (Wildman–Crippen LogP) is 1.65. The maximum atomic E-state index is 12.1. The van der Waals surface area contributed by atoms with Gasteiger partial charge in [0.25, 0.3) is 0 Å². The standard InChI is InChI=1S/C16H22N2O2/c1-11(9-12-5-3-4-6-15(12)20-2)18-16(19)13-7-8-14(17)10-13/h3-8,11,13-14H,9-10,17H2,1-2H3,(H,18,19). The number of benzene rings is 1. The van der Waals surface area contributed by atoms with Gasteiger partial charge >= 0.3 is 0 Å². The molecule has 0 bridgehead atoms. The van der Waals surface area contributed by atoms with E-state index in [1.54, 1.807) is 7.11 Å². The second-order valence-corrected chi connectivity index (χ2v) is 5.32. The fourth-order valence-corrected chi connectivity index (χ4v) is 2.52. The molecule has 0 aromatic heterocycles. The zero-order valence-corrected chi connectivity index (χ0v) is 12.0. The van der Waals surface area contributed by atoms with E-state index in [0.29, 0.717) is 6.42 Å². The van der Waals surface area contributed by atoms with Crippen molar-refractivity contribution in [1.82, 2.24) is 5.32 Å². The number of para-hydroxylation sites is 1. The smallest absolute Gasteiger partial charge is 0.227 e. The van der Waals surface area contributed by atoms with Crippen LogP contribution in [0.2, 0.25) is 0 Å². The molecule has 0 spiro atoms. The third-order valence-electron chi connectivity index (χ3n) is 3.56. The molecule has 0 radical (unpaired) electrons. The maximum Gasteiger partial charge on any atom is 0.227 e. The highest BCUT2D eigenvalue weighted by Crippen LogP contribution is 2.20. The molecule has 0 heterocycles. The van der Waals surface area contributed by atoms with Gasteiger partial charge in [0, 0.05) is 12.1 Å². The van der Waals surface area contributed by atoms with Gasteiger partial charge in [-0.3, -0.25) is 4.79 Å². The van der Waals surface area contributed by atoms with Gasteiger partial charge in [0.05, 0.1) is 13.0 Å². The number of carbonyl (C=O) groups is 1. The van der Waals surface area contributed by atoms with Gasteiger partial charge < -0.3 is 15.8 Å². The SMILES string of the molecule is COc1ccccc1CC(C)NC(=O)C1C=CC(N)C1. The minimum absolute atomic E-state index is 0.00951. The molecule has 3 unspecified atom stereocenters. The van der Waals surface area contributed by atoms with Crippen LogP contribution in [0, 0.1) is 5.92 Å². The highest BCUT2D eigenvalue weighted by Gasteiger charge is 2.23. The first-order chi connectivity index (χ1) is 9.60. The Labute approximate surface area is 120 Å². The molecule has 4 nitrogen and oxygen atoms in total. The number of nitrogens with two attached hydrogens (primary N) is 1. The van der Waals surface area contributed by atoms with Crippen LogP contribution in [-0.4, -0.2) is 25.1 Å². The van der Waals surface area contributed by atoms with E-state index in [-0.39, 0.29) is 23.9 Å². The molecule has 4 heteroatoms. The first kappa shape index (κ1) is 14.6. The molecule has 0 aliphatic heterocycles. The van der Waals surface area contributed by atoms with Crippen LogP contribution in [-0.2, 0) is 11.2 Å². The summed E-state index contributed by atoms with van der Waals surface area (Å²) < 4.78 is 5.32. The number of methoxy groups -OCH3 is 1. The third kappa shape index (κ3) is 3.61. The lowest BCUT2D eigenvalue weighted by Gasteiger charge is -2.18. The summed E-state index contributed by atoms with van der Waals surface area (Å²) >= 11 is 0. The maximum absolute atomic E-state index is 12.1. The van der Waals surface area contributed by atoms with Crippen molar-refractivity contribution in [3.63, 3.8) is 0 Å². The fraction of sp³-hybridized carbons (Fsp3) is 0.438. The van der Waals surface area contributed by atoms with Gasteiger partial charge in [-0.15, -0.1) is 0 Å². The van der Waals surface area contributed by atoms with Gasteiger partial charge in [-0.2, -0.15) is 0 Å². The van der Waals surface area contributed by atoms with E-state index >= 15 is 0 Å². The largest absolute Gasteiger partial charge is 0.496 e. The summed E-state index contributed by atoms with van der Waals surface area (Å²) in [6, 6.07) is 7.94. The number of amides is 1. The molecule has 1 aliphatic rings. The Bertz CT molecular complexity index is 499. The number of hydrogen-bond donors (Lipinski definition) is 2. The van der Waals surface area contributed by atoms with Crippen molar-refractivity contribution >= 4 is 5.91 Å². The van der Waals surface area contributed by atoms with Crippen LogP contribution in [0.3, 0.4) is 0 Å². The summed E-state index contributed by atoms with van der Waals surface area (Å²) in [7, 11) is 1.66. The van der Waals surface area contributed by atoms with Crippen LogP contribution in [0.15, 0.2) is 36.4 Å². The Morgan fingerprint density at radius 1 is 1.45 bits per heavy atom. The zero-order chi connectivity index (χ0) is 14.5. The van der Waals surface area contributed by atoms with E-state index in [2.05, 4.69) is 5.32 Å². The van der Waals surface area contributed by atoms with Gasteiger partial charge in [0.2, 0.25) is 5.91 Å². The van der Waals surface area contributed by atoms with Crippen molar-refractivity contribution in [2.24, 2.45) is 11.7 Å². The highest BCUT2D eigenvalue weighted by atomic mass is 16.5. The lowest BCUT2D eigenvalue weighted by atomic mass is 10.0. The number of ether oxygens (including phenoxy) is 1. The van der Waals surface area contributed by atoms with Crippen molar-refractivity contribution in [2.75, 3.05) is 7.11 Å². The van der Waals surface area contributed by atoms with E-state index < -0.39 is 0 Å². The second-order valence-electron chi connectivity index (χ2n) is 5.32. The number of nitrogens with one attached hydrogen (secondary N) is 1. The average molecular weight is 274 g/mol. The molecule has 1 aliphatic carbocycles. The molecule has 108 valence electrons. The minimum atomic E-state index is -0.0925. The molecule has 1 amide bonds. The topological polar surface area (TPSA) is 64.3 Å². The Morgan fingerprint density at radius 2 is 2.20 bits per heavy atom. The lowest BCUT2D eigenvalue weighted by Crippen LogP contribution is -2.38. The minimum Gasteiger partial charge on any atom is -0.496 e. The molecule has 3 atom stereocenters. The molecule has 1 aromatic rings. The molecular formula is C16H22N2O2. The van der Waals surface area contributed by atoms with Gasteiger partial charge in [-0.1, -0.05) is 30.4 Å². The summed E-state index contributed by atoms with van der Waals surface area (Å²) in [5.41, 5.74) is 6.87. The Balaban J connectivity index is 1.90. The first-order valence-corrected chi connectivity index (χ1v) is 6.96. The molecule has 20 heavy (non-hydrogen) atoms. The number of carbonyl (C=O) groups excluding carboxylic acids is 1. The van der Waals surface area contributed by atoms with Crippen LogP contribution < -0.4 is 15.8 Å². The summed E-state index contributed by atoms with van der Waals surface area (Å²) in [6.07, 6.45) is 5.25. The third-order valence-corrected chi connectivity index (χ3v) is 3.56. The van der Waals surface area contributed by atoms with Gasteiger partial charge in [-0.25, -0.2) is 0 Å². The van der Waals surface area contributed by atoms with E-state index in [0.717, 1.165) is 17.7 Å². The molecule has 0 saturated carbocycles. The van der Waals surface area contributed by atoms with E-state index in [4.69, 9.17) is 10.5 Å². The van der Waals surface area contributed by atoms with Crippen LogP contribution in [0.5, 0.6) is 5.75 Å². The average Bonchev–Trinajstić information content (AvgIpc) is 2.86. The van der Waals surface area contributed by atoms with E-state index in [1.165, 1.54) is 0 Å². The van der Waals surface area contributed by atoms with Gasteiger partial charge in [0.15, 0.2) is 0 Å². The zero-order valence-electron chi connectivity index (χ0n) is 12.0. The number of hydrogen-bond acceptors (Lipinski definition) is 3. The molecule has 0 fully saturated rings. The van der Waals surface area contributed by atoms with Crippen LogP contribution in [0.25, 0.3) is 0 Å². The highest BCUT2D eigenvalue weighted by molar-refractivity contribution is 5.81. The number of rotatable bonds is 5. The molecule has 3 N–H and O–H groups in total. The summed E-state index contributed by atoms with van der Waals surface area (Å²) in [6.45, 7) is 2.00. The van der Waals surface area contributed by atoms with Crippen molar-refractivity contribution in [3.05, 3.63) is 42.0 Å². The normalized spacial score (nSPS) is 22.6. The van der Waals surface area contributed by atoms with Crippen molar-refractivity contribution < 1.29 is 9.53 Å². The van der Waals surface area contributed by atoms with E-state index in [1.807, 2.05) is 43.3 Å². The van der Waals surface area contributed by atoms with Crippen LogP contribution >= 0.6 is 0 Å². The first-order valence-electron chi connectivity index (χ1n) is 6.96. The Kier molecular flexibility index (Phi) is 4.79. The molecule has 1 aromatic carbocycles. The predicted molar refractivity (Wildman–Crippen MR) is 79.5 cm³/mol. The molecule has 2 rings (SSSR count). The molecule has 0 saturated heterocycles. The quantitative estimate of drug-likeness (QED) is 0.802. The summed E-state index contributed by atoms with van der Waals surface area (Å²) in [5, 5.41) is 3.04. The monoisotopic (exact) mass is 274 g/mol. The Morgan fingerprint density at radius 3 is 2.85 bits per heavy atom. The van der Waals surface area contributed by atoms with Gasteiger partial charge in [-0.05, 0) is 31.4 Å². The fourth-order valence-electron chi connectivity index (χ4n) is 2.52. The van der Waals surface area contributed by atoms with Crippen molar-refractivity contribution in [2.45, 2.75) is 31.8 Å². The lowest BCUT2D eigenvalue weighted by molar-refractivity contribution is -0.124. The molecular weight excluding hydrogens is 252 g/mol. The summed E-state index contributed by atoms with van der Waals surface area (Å²) in [5.74, 6) is 0.818. The van der Waals surface area contributed by atoms with E-state index in [9.17, 15) is 4.79 Å². The van der Waals surface area contributed by atoms with Crippen molar-refractivity contribution in [1.29, 1.82) is 0 Å². The second kappa shape index (κ2) is 6.57. The van der Waals surface area contributed by atoms with Crippen molar-refractivity contribution in [3.8, 4) is 5.75 Å². The van der Waals surface area contributed by atoms with Crippen LogP contribution in [0.4, 0.5) is 0 Å². The van der Waals surface area contributed by atoms with Gasteiger partial charge in [0.1, 0.15) is 5.75 Å². The van der Waals surface area contributed by atoms with Crippen LogP contribution in [0.1, 0.15) is 18.9 Å². The Hall–Kier alpha value is -1.81. The summed E-state index contributed by atoms with van der Waals surface area (Å²) in [4.78, 5) is 12.1.